The van der Waals surface area contributed by atoms with Crippen molar-refractivity contribution in [1.82, 2.24) is 4.90 Å². The second-order valence-corrected chi connectivity index (χ2v) is 6.35. The van der Waals surface area contributed by atoms with E-state index in [4.69, 9.17) is 5.73 Å². The highest BCUT2D eigenvalue weighted by Gasteiger charge is 2.16. The molecule has 1 fully saturated rings. The van der Waals surface area contributed by atoms with Crippen LogP contribution in [-0.2, 0) is 0 Å². The molecule has 1 aromatic carbocycles. The van der Waals surface area contributed by atoms with Gasteiger partial charge in [0.2, 0.25) is 0 Å². The zero-order chi connectivity index (χ0) is 15.8. The number of piperidine rings is 1. The Kier molecular flexibility index (Phi) is 9.55. The molecule has 0 aromatic heterocycles. The predicted molar refractivity (Wildman–Crippen MR) is 111 cm³/mol. The summed E-state index contributed by atoms with van der Waals surface area (Å²) in [7, 11) is 0. The molecule has 1 atom stereocenters. The van der Waals surface area contributed by atoms with E-state index in [0.717, 1.165) is 24.7 Å². The Labute approximate surface area is 157 Å². The molecule has 0 saturated carbocycles. The first kappa shape index (κ1) is 20.2. The normalized spacial score (nSPS) is 19.2. The topological polar surface area (TPSA) is 53.6 Å². The van der Waals surface area contributed by atoms with Crippen LogP contribution in [0.15, 0.2) is 29.3 Å². The van der Waals surface area contributed by atoms with Crippen molar-refractivity contribution >= 4 is 35.6 Å². The highest BCUT2D eigenvalue weighted by atomic mass is 127. The third kappa shape index (κ3) is 7.52. The van der Waals surface area contributed by atoms with Crippen molar-refractivity contribution in [3.63, 3.8) is 0 Å². The lowest BCUT2D eigenvalue weighted by Gasteiger charge is -2.33. The maximum Gasteiger partial charge on any atom is 0.193 e. The van der Waals surface area contributed by atoms with E-state index in [9.17, 15) is 0 Å². The van der Waals surface area contributed by atoms with Crippen molar-refractivity contribution in [1.29, 1.82) is 0 Å². The van der Waals surface area contributed by atoms with Crippen molar-refractivity contribution in [2.75, 3.05) is 25.0 Å². The molecule has 1 aliphatic rings. The number of nitrogens with two attached hydrogens (primary N) is 1. The minimum absolute atomic E-state index is 0. The molecule has 0 spiro atoms. The summed E-state index contributed by atoms with van der Waals surface area (Å²) in [6.07, 6.45) is 6.40. The molecule has 0 radical (unpaired) electrons. The monoisotopic (exact) mass is 430 g/mol. The zero-order valence-electron chi connectivity index (χ0n) is 14.4. The summed E-state index contributed by atoms with van der Waals surface area (Å²) in [4.78, 5) is 7.03. The number of nitrogens with one attached hydrogen (secondary N) is 1. The van der Waals surface area contributed by atoms with Crippen LogP contribution in [-0.4, -0.2) is 36.5 Å². The standard InChI is InChI=1S/C18H30N4.HI/c1-15-8-7-10-17(14-15)21-18(19)20-11-4-6-13-22-12-5-3-9-16(22)2;/h7-8,10,14,16H,3-6,9,11-13H2,1-2H3,(H3,19,20,21);1H. The lowest BCUT2D eigenvalue weighted by atomic mass is 10.0. The van der Waals surface area contributed by atoms with Crippen LogP contribution in [0, 0.1) is 6.92 Å². The van der Waals surface area contributed by atoms with Gasteiger partial charge in [-0.1, -0.05) is 18.6 Å². The van der Waals surface area contributed by atoms with E-state index in [2.05, 4.69) is 41.2 Å². The average molecular weight is 430 g/mol. The van der Waals surface area contributed by atoms with Crippen LogP contribution in [0.3, 0.4) is 0 Å². The Hall–Kier alpha value is -0.820. The second-order valence-electron chi connectivity index (χ2n) is 6.35. The van der Waals surface area contributed by atoms with Crippen molar-refractivity contribution < 1.29 is 0 Å². The molecular weight excluding hydrogens is 399 g/mol. The summed E-state index contributed by atoms with van der Waals surface area (Å²) in [6, 6.07) is 8.92. The first-order valence-corrected chi connectivity index (χ1v) is 8.53. The Bertz CT molecular complexity index is 490. The van der Waals surface area contributed by atoms with Gasteiger partial charge in [-0.15, -0.1) is 24.0 Å². The molecule has 130 valence electrons. The third-order valence-electron chi connectivity index (χ3n) is 4.37. The summed E-state index contributed by atoms with van der Waals surface area (Å²) in [5, 5.41) is 3.15. The van der Waals surface area contributed by atoms with Crippen molar-refractivity contribution in [3.8, 4) is 0 Å². The van der Waals surface area contributed by atoms with Crippen LogP contribution in [0.1, 0.15) is 44.6 Å². The fourth-order valence-electron chi connectivity index (χ4n) is 3.03. The third-order valence-corrected chi connectivity index (χ3v) is 4.37. The van der Waals surface area contributed by atoms with Crippen molar-refractivity contribution in [3.05, 3.63) is 29.8 Å². The highest BCUT2D eigenvalue weighted by Crippen LogP contribution is 2.16. The first-order chi connectivity index (χ1) is 10.6. The molecule has 1 unspecified atom stereocenters. The summed E-state index contributed by atoms with van der Waals surface area (Å²) in [5.74, 6) is 0.511. The molecule has 0 amide bonds. The number of hydrogen-bond donors (Lipinski definition) is 2. The SMILES string of the molecule is Cc1cccc(NC(N)=NCCCCN2CCCCC2C)c1.I. The number of halogens is 1. The largest absolute Gasteiger partial charge is 0.370 e. The molecule has 3 N–H and O–H groups in total. The molecule has 1 aliphatic heterocycles. The first-order valence-electron chi connectivity index (χ1n) is 8.53. The summed E-state index contributed by atoms with van der Waals surface area (Å²) >= 11 is 0. The number of aliphatic imine (C=N–C) groups is 1. The maximum atomic E-state index is 5.93. The summed E-state index contributed by atoms with van der Waals surface area (Å²) in [5.41, 5.74) is 8.15. The molecule has 23 heavy (non-hydrogen) atoms. The van der Waals surface area contributed by atoms with Crippen molar-refractivity contribution in [2.45, 2.75) is 52.0 Å². The van der Waals surface area contributed by atoms with E-state index in [1.807, 2.05) is 12.1 Å². The molecule has 1 heterocycles. The number of aryl methyl sites for hydroxylation is 1. The van der Waals surface area contributed by atoms with Crippen LogP contribution >= 0.6 is 24.0 Å². The quantitative estimate of drug-likeness (QED) is 0.311. The Balaban J connectivity index is 0.00000264. The maximum absolute atomic E-state index is 5.93. The van der Waals surface area contributed by atoms with Gasteiger partial charge in [0, 0.05) is 18.3 Å². The molecular formula is C18H31IN4. The van der Waals surface area contributed by atoms with Gasteiger partial charge in [0.15, 0.2) is 5.96 Å². The van der Waals surface area contributed by atoms with Crippen LogP contribution in [0.25, 0.3) is 0 Å². The van der Waals surface area contributed by atoms with Gasteiger partial charge in [0.25, 0.3) is 0 Å². The van der Waals surface area contributed by atoms with Crippen LogP contribution in [0.2, 0.25) is 0 Å². The summed E-state index contributed by atoms with van der Waals surface area (Å²) < 4.78 is 0. The molecule has 1 saturated heterocycles. The number of unbranched alkanes of at least 4 members (excludes halogenated alkanes) is 1. The van der Waals surface area contributed by atoms with Gasteiger partial charge < -0.3 is 16.0 Å². The van der Waals surface area contributed by atoms with Crippen LogP contribution in [0.4, 0.5) is 5.69 Å². The van der Waals surface area contributed by atoms with E-state index in [1.54, 1.807) is 0 Å². The lowest BCUT2D eigenvalue weighted by molar-refractivity contribution is 0.158. The number of hydrogen-bond acceptors (Lipinski definition) is 2. The molecule has 0 aliphatic carbocycles. The molecule has 5 heteroatoms. The average Bonchev–Trinajstić information content (AvgIpc) is 2.48. The van der Waals surface area contributed by atoms with E-state index >= 15 is 0 Å². The van der Waals surface area contributed by atoms with Crippen LogP contribution in [0.5, 0.6) is 0 Å². The fourth-order valence-corrected chi connectivity index (χ4v) is 3.03. The number of rotatable bonds is 6. The van der Waals surface area contributed by atoms with E-state index in [0.29, 0.717) is 5.96 Å². The molecule has 0 bridgehead atoms. The van der Waals surface area contributed by atoms with E-state index < -0.39 is 0 Å². The Morgan fingerprint density at radius 1 is 1.35 bits per heavy atom. The number of guanidine groups is 1. The van der Waals surface area contributed by atoms with Gasteiger partial charge >= 0.3 is 0 Å². The predicted octanol–water partition coefficient (Wildman–Crippen LogP) is 3.99. The van der Waals surface area contributed by atoms with Gasteiger partial charge in [-0.25, -0.2) is 0 Å². The highest BCUT2D eigenvalue weighted by molar-refractivity contribution is 14.0. The minimum atomic E-state index is 0. The summed E-state index contributed by atoms with van der Waals surface area (Å²) in [6.45, 7) is 7.68. The fraction of sp³-hybridized carbons (Fsp3) is 0.611. The van der Waals surface area contributed by atoms with Gasteiger partial charge in [-0.2, -0.15) is 0 Å². The zero-order valence-corrected chi connectivity index (χ0v) is 16.8. The second kappa shape index (κ2) is 10.9. The Morgan fingerprint density at radius 2 is 2.17 bits per heavy atom. The Morgan fingerprint density at radius 3 is 2.91 bits per heavy atom. The van der Waals surface area contributed by atoms with Gasteiger partial charge in [0.1, 0.15) is 0 Å². The lowest BCUT2D eigenvalue weighted by Crippen LogP contribution is -2.38. The van der Waals surface area contributed by atoms with Gasteiger partial charge in [-0.05, 0) is 70.3 Å². The van der Waals surface area contributed by atoms with Gasteiger partial charge in [-0.3, -0.25) is 4.99 Å². The number of nitrogens with zero attached hydrogens (tertiary/aromatic N) is 2. The minimum Gasteiger partial charge on any atom is -0.370 e. The molecule has 1 aromatic rings. The number of anilines is 1. The van der Waals surface area contributed by atoms with Crippen molar-refractivity contribution in [2.24, 2.45) is 10.7 Å². The number of benzene rings is 1. The number of likely N-dealkylation sites (tertiary alicyclic amines) is 1. The van der Waals surface area contributed by atoms with E-state index in [1.165, 1.54) is 44.3 Å². The smallest absolute Gasteiger partial charge is 0.193 e. The van der Waals surface area contributed by atoms with Crippen LogP contribution < -0.4 is 11.1 Å². The molecule has 4 nitrogen and oxygen atoms in total. The van der Waals surface area contributed by atoms with E-state index in [-0.39, 0.29) is 24.0 Å². The van der Waals surface area contributed by atoms with Gasteiger partial charge in [0.05, 0.1) is 0 Å². The molecule has 2 rings (SSSR count).